The van der Waals surface area contributed by atoms with E-state index in [-0.39, 0.29) is 5.84 Å². The van der Waals surface area contributed by atoms with Crippen molar-refractivity contribution in [1.82, 2.24) is 0 Å². The van der Waals surface area contributed by atoms with E-state index < -0.39 is 0 Å². The van der Waals surface area contributed by atoms with Gasteiger partial charge in [-0.15, -0.1) is 0 Å². The summed E-state index contributed by atoms with van der Waals surface area (Å²) < 4.78 is 10.7. The molecule has 0 bridgehead atoms. The fraction of sp³-hybridized carbons (Fsp3) is 0.364. The maximum atomic E-state index is 7.32. The minimum Gasteiger partial charge on any atom is -0.493 e. The van der Waals surface area contributed by atoms with E-state index in [1.807, 2.05) is 6.26 Å². The van der Waals surface area contributed by atoms with Gasteiger partial charge in [0.1, 0.15) is 5.84 Å². The number of amidine groups is 1. The van der Waals surface area contributed by atoms with Crippen molar-refractivity contribution < 1.29 is 9.47 Å². The molecule has 1 aromatic rings. The van der Waals surface area contributed by atoms with Crippen LogP contribution in [0.3, 0.4) is 0 Å². The normalized spacial score (nSPS) is 9.88. The molecular formula is C11H16N2O2S. The van der Waals surface area contributed by atoms with Crippen molar-refractivity contribution in [3.8, 4) is 11.5 Å². The van der Waals surface area contributed by atoms with Crippen molar-refractivity contribution >= 4 is 17.6 Å². The molecule has 0 spiro atoms. The van der Waals surface area contributed by atoms with Crippen molar-refractivity contribution in [3.63, 3.8) is 0 Å². The Balaban J connectivity index is 2.80. The van der Waals surface area contributed by atoms with E-state index >= 15 is 0 Å². The molecule has 0 radical (unpaired) electrons. The average molecular weight is 240 g/mol. The Labute approximate surface area is 99.6 Å². The Morgan fingerprint density at radius 2 is 2.19 bits per heavy atom. The van der Waals surface area contributed by atoms with Gasteiger partial charge in [0.05, 0.1) is 13.7 Å². The molecule has 0 saturated heterocycles. The zero-order valence-corrected chi connectivity index (χ0v) is 10.3. The second-order valence-corrected chi connectivity index (χ2v) is 4.11. The molecule has 0 saturated carbocycles. The fourth-order valence-electron chi connectivity index (χ4n) is 1.19. The molecule has 88 valence electrons. The quantitative estimate of drug-likeness (QED) is 0.451. The predicted octanol–water partition coefficient (Wildman–Crippen LogP) is 1.72. The monoisotopic (exact) mass is 240 g/mol. The lowest BCUT2D eigenvalue weighted by molar-refractivity contribution is 0.313. The van der Waals surface area contributed by atoms with Crippen LogP contribution in [0.15, 0.2) is 18.2 Å². The van der Waals surface area contributed by atoms with Crippen molar-refractivity contribution in [2.75, 3.05) is 25.7 Å². The summed E-state index contributed by atoms with van der Waals surface area (Å²) in [5.41, 5.74) is 6.03. The third-order valence-corrected chi connectivity index (χ3v) is 2.59. The third-order valence-electron chi connectivity index (χ3n) is 2.02. The first-order chi connectivity index (χ1) is 7.69. The zero-order chi connectivity index (χ0) is 12.0. The Bertz CT molecular complexity index is 369. The molecule has 5 heteroatoms. The summed E-state index contributed by atoms with van der Waals surface area (Å²) >= 11 is 1.72. The van der Waals surface area contributed by atoms with E-state index in [4.69, 9.17) is 20.6 Å². The molecule has 1 rings (SSSR count). The summed E-state index contributed by atoms with van der Waals surface area (Å²) in [4.78, 5) is 0. The van der Waals surface area contributed by atoms with E-state index in [0.29, 0.717) is 23.7 Å². The highest BCUT2D eigenvalue weighted by molar-refractivity contribution is 7.98. The number of benzene rings is 1. The third kappa shape index (κ3) is 3.34. The van der Waals surface area contributed by atoms with Gasteiger partial charge >= 0.3 is 0 Å². The van der Waals surface area contributed by atoms with Gasteiger partial charge in [-0.3, -0.25) is 5.41 Å². The van der Waals surface area contributed by atoms with Gasteiger partial charge in [0.2, 0.25) is 0 Å². The lowest BCUT2D eigenvalue weighted by atomic mass is 10.2. The Morgan fingerprint density at radius 3 is 2.75 bits per heavy atom. The molecule has 3 N–H and O–H groups in total. The van der Waals surface area contributed by atoms with Crippen molar-refractivity contribution in [3.05, 3.63) is 23.8 Å². The number of rotatable bonds is 6. The lowest BCUT2D eigenvalue weighted by Crippen LogP contribution is -2.11. The average Bonchev–Trinajstić information content (AvgIpc) is 2.29. The maximum absolute atomic E-state index is 7.32. The summed E-state index contributed by atoms with van der Waals surface area (Å²) in [7, 11) is 1.57. The van der Waals surface area contributed by atoms with Crippen LogP contribution >= 0.6 is 11.8 Å². The number of hydrogen-bond donors (Lipinski definition) is 2. The molecule has 1 aromatic carbocycles. The van der Waals surface area contributed by atoms with Crippen LogP contribution in [0.25, 0.3) is 0 Å². The molecule has 0 aliphatic rings. The lowest BCUT2D eigenvalue weighted by Gasteiger charge is -2.11. The van der Waals surface area contributed by atoms with Crippen LogP contribution in [-0.4, -0.2) is 31.6 Å². The first-order valence-electron chi connectivity index (χ1n) is 4.83. The van der Waals surface area contributed by atoms with Crippen LogP contribution < -0.4 is 15.2 Å². The van der Waals surface area contributed by atoms with Crippen molar-refractivity contribution in [2.45, 2.75) is 0 Å². The van der Waals surface area contributed by atoms with E-state index in [0.717, 1.165) is 5.75 Å². The van der Waals surface area contributed by atoms with E-state index in [9.17, 15) is 0 Å². The molecule has 0 atom stereocenters. The topological polar surface area (TPSA) is 68.3 Å². The number of nitrogen functional groups attached to an aromatic ring is 1. The number of ether oxygens (including phenoxy) is 2. The van der Waals surface area contributed by atoms with Crippen LogP contribution in [0.2, 0.25) is 0 Å². The first kappa shape index (κ1) is 12.7. The minimum atomic E-state index is 0.0222. The van der Waals surface area contributed by atoms with Crippen LogP contribution in [0.4, 0.5) is 0 Å². The number of hydrogen-bond acceptors (Lipinski definition) is 4. The molecule has 0 heterocycles. The van der Waals surface area contributed by atoms with Crippen LogP contribution in [-0.2, 0) is 0 Å². The number of thioether (sulfide) groups is 1. The van der Waals surface area contributed by atoms with E-state index in [1.54, 1.807) is 37.1 Å². The second kappa shape index (κ2) is 6.27. The van der Waals surface area contributed by atoms with Crippen molar-refractivity contribution in [1.29, 1.82) is 5.41 Å². The van der Waals surface area contributed by atoms with Gasteiger partial charge in [0.15, 0.2) is 11.5 Å². The Hall–Kier alpha value is -1.36. The molecule has 0 aliphatic heterocycles. The number of nitrogens with one attached hydrogen (secondary N) is 1. The van der Waals surface area contributed by atoms with Crippen molar-refractivity contribution in [2.24, 2.45) is 5.73 Å². The van der Waals surface area contributed by atoms with Gasteiger partial charge in [0, 0.05) is 11.3 Å². The van der Waals surface area contributed by atoms with Crippen LogP contribution in [0.1, 0.15) is 5.56 Å². The SMILES string of the molecule is COc1cc(C(=N)N)ccc1OCCSC. The van der Waals surface area contributed by atoms with Gasteiger partial charge in [-0.2, -0.15) is 11.8 Å². The highest BCUT2D eigenvalue weighted by atomic mass is 32.2. The summed E-state index contributed by atoms with van der Waals surface area (Å²) in [6.07, 6.45) is 2.03. The predicted molar refractivity (Wildman–Crippen MR) is 67.9 cm³/mol. The molecular weight excluding hydrogens is 224 g/mol. The number of nitrogens with two attached hydrogens (primary N) is 1. The summed E-state index contributed by atoms with van der Waals surface area (Å²) in [6.45, 7) is 0.636. The first-order valence-corrected chi connectivity index (χ1v) is 6.22. The Kier molecular flexibility index (Phi) is 4.98. The van der Waals surface area contributed by atoms with Gasteiger partial charge in [-0.05, 0) is 24.5 Å². The zero-order valence-electron chi connectivity index (χ0n) is 9.45. The largest absolute Gasteiger partial charge is 0.493 e. The molecule has 0 amide bonds. The van der Waals surface area contributed by atoms with Gasteiger partial charge in [-0.25, -0.2) is 0 Å². The maximum Gasteiger partial charge on any atom is 0.161 e. The van der Waals surface area contributed by atoms with E-state index in [2.05, 4.69) is 0 Å². The molecule has 0 fully saturated rings. The minimum absolute atomic E-state index is 0.0222. The molecule has 0 aliphatic carbocycles. The second-order valence-electron chi connectivity index (χ2n) is 3.12. The highest BCUT2D eigenvalue weighted by Crippen LogP contribution is 2.27. The molecule has 4 nitrogen and oxygen atoms in total. The number of methoxy groups -OCH3 is 1. The smallest absolute Gasteiger partial charge is 0.161 e. The molecule has 16 heavy (non-hydrogen) atoms. The van der Waals surface area contributed by atoms with Gasteiger partial charge < -0.3 is 15.2 Å². The molecule has 0 unspecified atom stereocenters. The van der Waals surface area contributed by atoms with Gasteiger partial charge in [-0.1, -0.05) is 0 Å². The van der Waals surface area contributed by atoms with Gasteiger partial charge in [0.25, 0.3) is 0 Å². The Morgan fingerprint density at radius 1 is 1.44 bits per heavy atom. The molecule has 0 aromatic heterocycles. The highest BCUT2D eigenvalue weighted by Gasteiger charge is 2.06. The summed E-state index contributed by atoms with van der Waals surface area (Å²) in [5.74, 6) is 2.24. The standard InChI is InChI=1S/C11H16N2O2S/c1-14-10-7-8(11(12)13)3-4-9(10)15-5-6-16-2/h3-4,7H,5-6H2,1-2H3,(H3,12,13). The fourth-order valence-corrected chi connectivity index (χ4v) is 1.44. The summed E-state index contributed by atoms with van der Waals surface area (Å²) in [6, 6.07) is 5.23. The van der Waals surface area contributed by atoms with E-state index in [1.165, 1.54) is 0 Å². The van der Waals surface area contributed by atoms with Crippen LogP contribution in [0, 0.1) is 5.41 Å². The van der Waals surface area contributed by atoms with Crippen LogP contribution in [0.5, 0.6) is 11.5 Å². The summed E-state index contributed by atoms with van der Waals surface area (Å²) in [5, 5.41) is 7.32.